The zero-order valence-electron chi connectivity index (χ0n) is 8.41. The van der Waals surface area contributed by atoms with E-state index in [0.29, 0.717) is 0 Å². The molecule has 1 aromatic carbocycles. The molecular formula is C7H5N5O5. The van der Waals surface area contributed by atoms with E-state index >= 15 is 0 Å². The number of nitro benzene ring substituents is 2. The van der Waals surface area contributed by atoms with Crippen LogP contribution in [0.15, 0.2) is 10.7 Å². The van der Waals surface area contributed by atoms with E-state index in [-0.39, 0.29) is 16.7 Å². The van der Waals surface area contributed by atoms with Crippen molar-refractivity contribution in [2.75, 3.05) is 12.4 Å². The van der Waals surface area contributed by atoms with Gasteiger partial charge in [0.15, 0.2) is 5.52 Å². The summed E-state index contributed by atoms with van der Waals surface area (Å²) in [6.45, 7) is 0. The Hall–Kier alpha value is -2.78. The van der Waals surface area contributed by atoms with Crippen molar-refractivity contribution in [1.29, 1.82) is 0 Å². The van der Waals surface area contributed by atoms with Gasteiger partial charge in [0, 0.05) is 7.05 Å². The predicted octanol–water partition coefficient (Wildman–Crippen LogP) is 1.08. The van der Waals surface area contributed by atoms with Gasteiger partial charge in [-0.2, -0.15) is 0 Å². The number of fused-ring (bicyclic) bond motifs is 1. The van der Waals surface area contributed by atoms with Crippen LogP contribution in [0.1, 0.15) is 0 Å². The maximum atomic E-state index is 10.8. The lowest BCUT2D eigenvalue weighted by Gasteiger charge is -2.01. The molecule has 0 amide bonds. The zero-order chi connectivity index (χ0) is 12.6. The fourth-order valence-electron chi connectivity index (χ4n) is 1.44. The highest BCUT2D eigenvalue weighted by Gasteiger charge is 2.28. The van der Waals surface area contributed by atoms with Crippen LogP contribution >= 0.6 is 0 Å². The number of nitro groups is 2. The van der Waals surface area contributed by atoms with E-state index in [1.165, 1.54) is 7.05 Å². The van der Waals surface area contributed by atoms with Crippen molar-refractivity contribution in [3.63, 3.8) is 0 Å². The Balaban J connectivity index is 2.90. The molecule has 1 heterocycles. The van der Waals surface area contributed by atoms with Gasteiger partial charge < -0.3 is 5.32 Å². The molecule has 10 heteroatoms. The van der Waals surface area contributed by atoms with Crippen molar-refractivity contribution in [2.45, 2.75) is 0 Å². The zero-order valence-corrected chi connectivity index (χ0v) is 8.41. The topological polar surface area (TPSA) is 137 Å². The number of rotatable bonds is 3. The normalized spacial score (nSPS) is 10.4. The Morgan fingerprint density at radius 1 is 1.18 bits per heavy atom. The van der Waals surface area contributed by atoms with Gasteiger partial charge in [-0.25, -0.2) is 4.63 Å². The second kappa shape index (κ2) is 3.66. The predicted molar refractivity (Wildman–Crippen MR) is 54.7 cm³/mol. The first kappa shape index (κ1) is 10.7. The summed E-state index contributed by atoms with van der Waals surface area (Å²) >= 11 is 0. The Labute approximate surface area is 92.5 Å². The van der Waals surface area contributed by atoms with Crippen molar-refractivity contribution in [1.82, 2.24) is 10.3 Å². The third-order valence-electron chi connectivity index (χ3n) is 2.14. The fraction of sp³-hybridized carbons (Fsp3) is 0.143. The molecule has 0 aliphatic heterocycles. The molecule has 2 rings (SSSR count). The summed E-state index contributed by atoms with van der Waals surface area (Å²) in [4.78, 5) is 20.0. The Morgan fingerprint density at radius 3 is 2.29 bits per heavy atom. The monoisotopic (exact) mass is 239 g/mol. The molecule has 88 valence electrons. The Bertz CT molecular complexity index is 620. The number of hydrogen-bond donors (Lipinski definition) is 1. The van der Waals surface area contributed by atoms with Crippen molar-refractivity contribution in [3.8, 4) is 0 Å². The summed E-state index contributed by atoms with van der Waals surface area (Å²) in [6, 6.07) is 0.818. The largest absolute Gasteiger partial charge is 0.381 e. The maximum Gasteiger partial charge on any atom is 0.307 e. The summed E-state index contributed by atoms with van der Waals surface area (Å²) in [7, 11) is 1.43. The molecule has 1 aromatic heterocycles. The van der Waals surface area contributed by atoms with E-state index in [1.54, 1.807) is 0 Å². The lowest BCUT2D eigenvalue weighted by molar-refractivity contribution is -0.392. The Kier molecular flexibility index (Phi) is 2.31. The van der Waals surface area contributed by atoms with Gasteiger partial charge in [-0.15, -0.1) is 0 Å². The van der Waals surface area contributed by atoms with Gasteiger partial charge in [0.2, 0.25) is 5.52 Å². The van der Waals surface area contributed by atoms with Crippen molar-refractivity contribution in [3.05, 3.63) is 26.3 Å². The number of aromatic nitrogens is 2. The molecular weight excluding hydrogens is 234 g/mol. The van der Waals surface area contributed by atoms with E-state index in [2.05, 4.69) is 20.3 Å². The third-order valence-corrected chi connectivity index (χ3v) is 2.14. The maximum absolute atomic E-state index is 10.8. The van der Waals surface area contributed by atoms with Crippen LogP contribution in [0.4, 0.5) is 17.1 Å². The van der Waals surface area contributed by atoms with Crippen molar-refractivity contribution in [2.24, 2.45) is 0 Å². The first-order valence-electron chi connectivity index (χ1n) is 4.32. The summed E-state index contributed by atoms with van der Waals surface area (Å²) in [5.41, 5.74) is -1.13. The molecule has 0 aliphatic rings. The van der Waals surface area contributed by atoms with E-state index in [0.717, 1.165) is 6.07 Å². The molecule has 0 bridgehead atoms. The van der Waals surface area contributed by atoms with Gasteiger partial charge in [-0.3, -0.25) is 20.2 Å². The smallest absolute Gasteiger partial charge is 0.307 e. The first-order valence-corrected chi connectivity index (χ1v) is 4.32. The number of non-ortho nitro benzene ring substituents is 1. The first-order chi connectivity index (χ1) is 8.06. The highest BCUT2D eigenvalue weighted by atomic mass is 16.6. The molecule has 17 heavy (non-hydrogen) atoms. The van der Waals surface area contributed by atoms with Gasteiger partial charge in [-0.1, -0.05) is 0 Å². The van der Waals surface area contributed by atoms with Crippen LogP contribution in [0.3, 0.4) is 0 Å². The molecule has 2 aromatic rings. The second-order valence-electron chi connectivity index (χ2n) is 3.02. The SMILES string of the molecule is CNc1c([N+](=O)[O-])cc([N+](=O)[O-])c2nonc12. The lowest BCUT2D eigenvalue weighted by Crippen LogP contribution is -2.00. The summed E-state index contributed by atoms with van der Waals surface area (Å²) in [5, 5.41) is 30.8. The molecule has 1 N–H and O–H groups in total. The van der Waals surface area contributed by atoms with Crippen molar-refractivity contribution < 1.29 is 14.5 Å². The molecule has 0 spiro atoms. The van der Waals surface area contributed by atoms with E-state index in [9.17, 15) is 20.2 Å². The van der Waals surface area contributed by atoms with E-state index in [4.69, 9.17) is 0 Å². The fourth-order valence-corrected chi connectivity index (χ4v) is 1.44. The van der Waals surface area contributed by atoms with Crippen LogP contribution in [0.2, 0.25) is 0 Å². The molecule has 0 saturated carbocycles. The highest BCUT2D eigenvalue weighted by molar-refractivity contribution is 5.98. The molecule has 0 saturated heterocycles. The number of hydrogen-bond acceptors (Lipinski definition) is 8. The lowest BCUT2D eigenvalue weighted by atomic mass is 10.2. The highest BCUT2D eigenvalue weighted by Crippen LogP contribution is 2.36. The van der Waals surface area contributed by atoms with Gasteiger partial charge in [0.1, 0.15) is 5.69 Å². The van der Waals surface area contributed by atoms with Gasteiger partial charge >= 0.3 is 11.4 Å². The van der Waals surface area contributed by atoms with E-state index in [1.807, 2.05) is 0 Å². The van der Waals surface area contributed by atoms with Crippen LogP contribution in [0, 0.1) is 20.2 Å². The number of nitrogens with zero attached hydrogens (tertiary/aromatic N) is 4. The summed E-state index contributed by atoms with van der Waals surface area (Å²) in [5.74, 6) is 0. The van der Waals surface area contributed by atoms with E-state index < -0.39 is 21.2 Å². The average molecular weight is 239 g/mol. The third kappa shape index (κ3) is 1.51. The van der Waals surface area contributed by atoms with Gasteiger partial charge in [0.25, 0.3) is 0 Å². The number of anilines is 1. The average Bonchev–Trinajstić information content (AvgIpc) is 2.74. The standard InChI is InChI=1S/C7H5N5O5/c1-8-5-3(11(13)14)2-4(12(15)16)6-7(5)10-17-9-6/h2,8H,1H3. The molecule has 0 aliphatic carbocycles. The summed E-state index contributed by atoms with van der Waals surface area (Å²) < 4.78 is 4.37. The van der Waals surface area contributed by atoms with Crippen molar-refractivity contribution >= 4 is 28.1 Å². The number of benzene rings is 1. The quantitative estimate of drug-likeness (QED) is 0.620. The van der Waals surface area contributed by atoms with Crippen LogP contribution in [-0.4, -0.2) is 27.2 Å². The van der Waals surface area contributed by atoms with Gasteiger partial charge in [0.05, 0.1) is 15.9 Å². The van der Waals surface area contributed by atoms with Crippen LogP contribution in [-0.2, 0) is 0 Å². The minimum Gasteiger partial charge on any atom is -0.381 e. The molecule has 10 nitrogen and oxygen atoms in total. The summed E-state index contributed by atoms with van der Waals surface area (Å²) in [6.07, 6.45) is 0. The second-order valence-corrected chi connectivity index (χ2v) is 3.02. The minimum atomic E-state index is -0.779. The van der Waals surface area contributed by atoms with Crippen LogP contribution in [0.5, 0.6) is 0 Å². The number of nitrogens with one attached hydrogen (secondary N) is 1. The molecule has 0 unspecified atom stereocenters. The Morgan fingerprint density at radius 2 is 1.76 bits per heavy atom. The molecule has 0 fully saturated rings. The minimum absolute atomic E-state index is 0.0249. The molecule has 0 radical (unpaired) electrons. The van der Waals surface area contributed by atoms with Crippen LogP contribution < -0.4 is 5.32 Å². The van der Waals surface area contributed by atoms with Gasteiger partial charge in [-0.05, 0) is 10.3 Å². The van der Waals surface area contributed by atoms with Crippen LogP contribution in [0.25, 0.3) is 11.0 Å². The molecule has 0 atom stereocenters.